The highest BCUT2D eigenvalue weighted by molar-refractivity contribution is 6.04. The molecule has 4 aromatic heterocycles. The molecule has 0 bridgehead atoms. The number of aromatic nitrogens is 5. The molecule has 5 rings (SSSR count). The molecule has 170 valence electrons. The maximum Gasteiger partial charge on any atom is 0.224 e. The predicted molar refractivity (Wildman–Crippen MR) is 131 cm³/mol. The lowest BCUT2D eigenvalue weighted by atomic mass is 9.91. The number of carbonyl (C=O) groups excluding carboxylic acids is 1. The van der Waals surface area contributed by atoms with E-state index in [0.717, 1.165) is 65.5 Å². The van der Waals surface area contributed by atoms with Crippen molar-refractivity contribution in [1.82, 2.24) is 24.6 Å². The van der Waals surface area contributed by atoms with Crippen LogP contribution in [-0.2, 0) is 0 Å². The van der Waals surface area contributed by atoms with Crippen LogP contribution in [0.4, 0.5) is 5.95 Å². The number of rotatable bonds is 6. The number of hydrogen-bond acceptors (Lipinski definition) is 5. The molecule has 0 aliphatic heterocycles. The first-order valence-electron chi connectivity index (χ1n) is 11.7. The van der Waals surface area contributed by atoms with Gasteiger partial charge in [0.1, 0.15) is 5.65 Å². The molecule has 2 N–H and O–H groups in total. The fourth-order valence-corrected chi connectivity index (χ4v) is 4.63. The first-order chi connectivity index (χ1) is 15.6. The quantitative estimate of drug-likeness (QED) is 0.288. The predicted octanol–water partition coefficient (Wildman–Crippen LogP) is 5.99. The smallest absolute Gasteiger partial charge is 0.224 e. The molecule has 1 aliphatic carbocycles. The van der Waals surface area contributed by atoms with Gasteiger partial charge < -0.3 is 10.3 Å². The molecule has 4 heterocycles. The molecular weight excluding hydrogens is 400 g/mol. The van der Waals surface area contributed by atoms with E-state index in [4.69, 9.17) is 0 Å². The number of carbonyl (C=O) groups is 1. The van der Waals surface area contributed by atoms with Gasteiger partial charge in [-0.1, -0.05) is 39.5 Å². The number of Topliss-reactive ketones (excluding diaryl/α,β-unsaturated/α-hetero) is 1. The highest BCUT2D eigenvalue weighted by Crippen LogP contribution is 2.31. The van der Waals surface area contributed by atoms with Gasteiger partial charge in [0.25, 0.3) is 0 Å². The van der Waals surface area contributed by atoms with Gasteiger partial charge in [0.15, 0.2) is 5.78 Å². The number of nitrogens with zero attached hydrogens (tertiary/aromatic N) is 4. The van der Waals surface area contributed by atoms with E-state index in [2.05, 4.69) is 45.3 Å². The van der Waals surface area contributed by atoms with Crippen molar-refractivity contribution in [2.75, 3.05) is 11.9 Å². The second-order valence-corrected chi connectivity index (χ2v) is 9.29. The van der Waals surface area contributed by atoms with E-state index >= 15 is 0 Å². The van der Waals surface area contributed by atoms with Crippen molar-refractivity contribution in [2.24, 2.45) is 11.8 Å². The molecular formula is C25H34N6O. The monoisotopic (exact) mass is 434 g/mol. The van der Waals surface area contributed by atoms with E-state index in [9.17, 15) is 4.79 Å². The molecule has 0 saturated heterocycles. The third-order valence-electron chi connectivity index (χ3n) is 6.42. The molecule has 0 unspecified atom stereocenters. The summed E-state index contributed by atoms with van der Waals surface area (Å²) in [6.45, 7) is 5.13. The van der Waals surface area contributed by atoms with Crippen molar-refractivity contribution in [2.45, 2.75) is 52.4 Å². The third-order valence-corrected chi connectivity index (χ3v) is 6.42. The number of pyridine rings is 1. The zero-order valence-corrected chi connectivity index (χ0v) is 18.8. The lowest BCUT2D eigenvalue weighted by molar-refractivity contribution is 0.0909. The zero-order chi connectivity index (χ0) is 22.1. The Kier molecular flexibility index (Phi) is 5.64. The summed E-state index contributed by atoms with van der Waals surface area (Å²) in [4.78, 5) is 25.7. The van der Waals surface area contributed by atoms with Crippen LogP contribution in [0.25, 0.3) is 27.7 Å². The van der Waals surface area contributed by atoms with Crippen LogP contribution in [0.3, 0.4) is 0 Å². The van der Waals surface area contributed by atoms with E-state index in [1.54, 1.807) is 10.7 Å². The van der Waals surface area contributed by atoms with Gasteiger partial charge in [-0.15, -0.1) is 0 Å². The van der Waals surface area contributed by atoms with Crippen molar-refractivity contribution < 1.29 is 7.65 Å². The molecule has 0 amide bonds. The summed E-state index contributed by atoms with van der Waals surface area (Å²) in [5.41, 5.74) is 4.43. The van der Waals surface area contributed by atoms with Crippen LogP contribution in [-0.4, -0.2) is 36.9 Å². The van der Waals surface area contributed by atoms with Crippen LogP contribution >= 0.6 is 0 Å². The average molecular weight is 435 g/mol. The highest BCUT2D eigenvalue weighted by atomic mass is 16.1. The minimum atomic E-state index is 0. The number of ketones is 1. The van der Waals surface area contributed by atoms with E-state index in [-0.39, 0.29) is 14.6 Å². The number of hydrogen-bond donors (Lipinski definition) is 2. The van der Waals surface area contributed by atoms with Crippen LogP contribution in [0.2, 0.25) is 0 Å². The van der Waals surface area contributed by atoms with Crippen LogP contribution in [0.1, 0.15) is 65.6 Å². The molecule has 7 nitrogen and oxygen atoms in total. The molecule has 0 atom stereocenters. The van der Waals surface area contributed by atoms with E-state index in [0.29, 0.717) is 11.9 Å². The van der Waals surface area contributed by atoms with E-state index in [1.165, 1.54) is 12.8 Å². The Bertz CT molecular complexity index is 1260. The topological polar surface area (TPSA) is 88.0 Å². The first kappa shape index (κ1) is 20.7. The summed E-state index contributed by atoms with van der Waals surface area (Å²) < 4.78 is 1.80. The number of anilines is 1. The second kappa shape index (κ2) is 8.73. The Hall–Kier alpha value is -3.22. The molecule has 32 heavy (non-hydrogen) atoms. The summed E-state index contributed by atoms with van der Waals surface area (Å²) in [7, 11) is 0. The first-order valence-corrected chi connectivity index (χ1v) is 11.7. The summed E-state index contributed by atoms with van der Waals surface area (Å²) in [5, 5.41) is 8.67. The molecule has 7 heteroatoms. The van der Waals surface area contributed by atoms with Gasteiger partial charge in [0.2, 0.25) is 5.95 Å². The molecule has 0 radical (unpaired) electrons. The van der Waals surface area contributed by atoms with Crippen LogP contribution in [0, 0.1) is 11.8 Å². The Balaban J connectivity index is 0.00000162. The fourth-order valence-electron chi connectivity index (χ4n) is 4.63. The van der Waals surface area contributed by atoms with Crippen molar-refractivity contribution in [3.8, 4) is 11.1 Å². The van der Waals surface area contributed by atoms with Crippen molar-refractivity contribution in [3.63, 3.8) is 0 Å². The van der Waals surface area contributed by atoms with Gasteiger partial charge in [0, 0.05) is 44.9 Å². The lowest BCUT2D eigenvalue weighted by Crippen LogP contribution is -2.13. The summed E-state index contributed by atoms with van der Waals surface area (Å²) in [6.07, 6.45) is 14.2. The van der Waals surface area contributed by atoms with Gasteiger partial charge in [-0.25, -0.2) is 9.50 Å². The summed E-state index contributed by atoms with van der Waals surface area (Å²) >= 11 is 0. The Morgan fingerprint density at radius 2 is 2.06 bits per heavy atom. The van der Waals surface area contributed by atoms with Gasteiger partial charge >= 0.3 is 0 Å². The van der Waals surface area contributed by atoms with Crippen molar-refractivity contribution in [3.05, 3.63) is 42.5 Å². The van der Waals surface area contributed by atoms with Gasteiger partial charge in [-0.2, -0.15) is 10.1 Å². The van der Waals surface area contributed by atoms with Crippen molar-refractivity contribution in [1.29, 1.82) is 0 Å². The van der Waals surface area contributed by atoms with E-state index < -0.39 is 0 Å². The minimum Gasteiger partial charge on any atom is -0.354 e. The fraction of sp³-hybridized carbons (Fsp3) is 0.440. The molecule has 0 spiro atoms. The molecule has 0 aromatic carbocycles. The summed E-state index contributed by atoms with van der Waals surface area (Å²) in [6, 6.07) is 4.08. The minimum absolute atomic E-state index is 0. The number of fused-ring (bicyclic) bond motifs is 2. The molecule has 4 aromatic rings. The van der Waals surface area contributed by atoms with Gasteiger partial charge in [-0.05, 0) is 36.5 Å². The normalized spacial score (nSPS) is 15.5. The van der Waals surface area contributed by atoms with Gasteiger partial charge in [0.05, 0.1) is 17.3 Å². The highest BCUT2D eigenvalue weighted by Gasteiger charge is 2.24. The van der Waals surface area contributed by atoms with Crippen LogP contribution in [0.15, 0.2) is 36.9 Å². The second-order valence-electron chi connectivity index (χ2n) is 9.29. The maximum atomic E-state index is 13.3. The molecule has 1 saturated carbocycles. The largest absolute Gasteiger partial charge is 0.354 e. The standard InChI is InChI=1S/C25H30N6O.2H2/c1-16(2)12-27-25-28-14-20-19(13-26-24(20)30-25)18-9-10-31-22(11-18)21(15-29-31)23(32)17-7-5-3-4-6-8-17;;/h9-11,13-17H,3-8,12H2,1-2H3,(H2,26,27,28,30);2*1H. The number of aromatic amines is 1. The Labute approximate surface area is 190 Å². The number of H-pyrrole nitrogens is 1. The van der Waals surface area contributed by atoms with Gasteiger partial charge in [-0.3, -0.25) is 4.79 Å². The SMILES string of the molecule is CC(C)CNc1ncc2c(-c3ccn4ncc(C(=O)C5CCCCCC5)c4c3)c[nH]c2n1.[HH].[HH]. The molecule has 1 aliphatic rings. The zero-order valence-electron chi connectivity index (χ0n) is 18.8. The Morgan fingerprint density at radius 3 is 2.84 bits per heavy atom. The van der Waals surface area contributed by atoms with Crippen LogP contribution < -0.4 is 5.32 Å². The van der Waals surface area contributed by atoms with E-state index in [1.807, 2.05) is 24.7 Å². The number of nitrogens with one attached hydrogen (secondary N) is 2. The van der Waals surface area contributed by atoms with Crippen molar-refractivity contribution >= 4 is 28.3 Å². The Morgan fingerprint density at radius 1 is 1.25 bits per heavy atom. The maximum absolute atomic E-state index is 13.3. The third kappa shape index (κ3) is 3.99. The van der Waals surface area contributed by atoms with Crippen LogP contribution in [0.5, 0.6) is 0 Å². The average Bonchev–Trinajstić information content (AvgIpc) is 3.31. The summed E-state index contributed by atoms with van der Waals surface area (Å²) in [5.74, 6) is 1.50. The molecule has 1 fully saturated rings. The lowest BCUT2D eigenvalue weighted by Gasteiger charge is -2.12.